The van der Waals surface area contributed by atoms with Crippen molar-refractivity contribution in [2.45, 2.75) is 37.8 Å². The third kappa shape index (κ3) is 3.14. The van der Waals surface area contributed by atoms with Crippen LogP contribution in [0.4, 0.5) is 18.9 Å². The Bertz CT molecular complexity index is 836. The summed E-state index contributed by atoms with van der Waals surface area (Å²) in [7, 11) is -3.28. The maximum atomic E-state index is 14.3. The Kier molecular flexibility index (Phi) is 4.34. The van der Waals surface area contributed by atoms with E-state index >= 15 is 0 Å². The van der Waals surface area contributed by atoms with Crippen LogP contribution in [0.15, 0.2) is 27.6 Å². The average Bonchev–Trinajstić information content (AvgIpc) is 2.68. The van der Waals surface area contributed by atoms with Crippen LogP contribution in [0.5, 0.6) is 0 Å². The number of aliphatic imine (C=N–C) groups is 1. The van der Waals surface area contributed by atoms with Crippen LogP contribution in [0.2, 0.25) is 0 Å². The van der Waals surface area contributed by atoms with Crippen molar-refractivity contribution < 1.29 is 17.4 Å². The van der Waals surface area contributed by atoms with E-state index in [0.717, 1.165) is 0 Å². The van der Waals surface area contributed by atoms with Crippen LogP contribution >= 0.6 is 0 Å². The molecule has 0 saturated carbocycles. The fourth-order valence-electron chi connectivity index (χ4n) is 3.26. The van der Waals surface area contributed by atoms with Gasteiger partial charge < -0.3 is 11.5 Å². The van der Waals surface area contributed by atoms with Crippen LogP contribution in [-0.2, 0) is 15.5 Å². The summed E-state index contributed by atoms with van der Waals surface area (Å²) in [5, 5.41) is 0. The van der Waals surface area contributed by atoms with Crippen molar-refractivity contribution in [3.63, 3.8) is 0 Å². The SMILES string of the molecule is C[C@@]1(c2cc(N)ccc2F)CS2(=O)=NC(C(F)F)CCCN2C(N)=N1. The largest absolute Gasteiger partial charge is 0.399 e. The molecule has 0 saturated heterocycles. The second-order valence-electron chi connectivity index (χ2n) is 6.49. The highest BCUT2D eigenvalue weighted by molar-refractivity contribution is 7.92. The Balaban J connectivity index is 2.16. The topological polar surface area (TPSA) is 97.1 Å². The van der Waals surface area contributed by atoms with Crippen molar-refractivity contribution in [2.24, 2.45) is 15.1 Å². The van der Waals surface area contributed by atoms with Gasteiger partial charge in [-0.2, -0.15) is 0 Å². The van der Waals surface area contributed by atoms with E-state index in [2.05, 4.69) is 9.36 Å². The summed E-state index contributed by atoms with van der Waals surface area (Å²) < 4.78 is 59.4. The van der Waals surface area contributed by atoms with Gasteiger partial charge in [0.1, 0.15) is 27.3 Å². The molecule has 6 nitrogen and oxygen atoms in total. The Labute approximate surface area is 144 Å². The van der Waals surface area contributed by atoms with E-state index in [-0.39, 0.29) is 30.2 Å². The maximum absolute atomic E-state index is 14.3. The van der Waals surface area contributed by atoms with E-state index in [1.165, 1.54) is 22.5 Å². The first-order valence-electron chi connectivity index (χ1n) is 7.85. The first-order chi connectivity index (χ1) is 11.6. The predicted octanol–water partition coefficient (Wildman–Crippen LogP) is 2.06. The van der Waals surface area contributed by atoms with Gasteiger partial charge in [-0.15, -0.1) is 0 Å². The minimum absolute atomic E-state index is 0.0840. The second-order valence-corrected chi connectivity index (χ2v) is 8.64. The first-order valence-corrected chi connectivity index (χ1v) is 9.49. The minimum Gasteiger partial charge on any atom is -0.399 e. The van der Waals surface area contributed by atoms with Crippen LogP contribution in [0.3, 0.4) is 0 Å². The zero-order chi connectivity index (χ0) is 18.4. The van der Waals surface area contributed by atoms with Crippen LogP contribution in [0, 0.1) is 5.82 Å². The van der Waals surface area contributed by atoms with Crippen molar-refractivity contribution in [2.75, 3.05) is 18.0 Å². The highest BCUT2D eigenvalue weighted by atomic mass is 32.2. The number of nitrogens with zero attached hydrogens (tertiary/aromatic N) is 3. The van der Waals surface area contributed by atoms with Gasteiger partial charge in [-0.3, -0.25) is 4.31 Å². The Morgan fingerprint density at radius 3 is 2.80 bits per heavy atom. The highest BCUT2D eigenvalue weighted by Gasteiger charge is 2.43. The van der Waals surface area contributed by atoms with Crippen LogP contribution in [0.25, 0.3) is 0 Å². The summed E-state index contributed by atoms with van der Waals surface area (Å²) in [4.78, 5) is 4.33. The van der Waals surface area contributed by atoms with Gasteiger partial charge in [0.2, 0.25) is 5.96 Å². The molecule has 0 aliphatic carbocycles. The smallest absolute Gasteiger partial charge is 0.261 e. The van der Waals surface area contributed by atoms with E-state index < -0.39 is 33.7 Å². The molecule has 0 fully saturated rings. The summed E-state index contributed by atoms with van der Waals surface area (Å²) in [6.45, 7) is 1.77. The zero-order valence-electron chi connectivity index (χ0n) is 13.7. The number of nitrogens with two attached hydrogens (primary N) is 2. The van der Waals surface area contributed by atoms with Crippen molar-refractivity contribution in [1.29, 1.82) is 0 Å². The Hall–Kier alpha value is -1.97. The van der Waals surface area contributed by atoms with E-state index in [0.29, 0.717) is 12.1 Å². The molecule has 1 aromatic rings. The van der Waals surface area contributed by atoms with E-state index in [1.807, 2.05) is 0 Å². The third-order valence-electron chi connectivity index (χ3n) is 4.45. The van der Waals surface area contributed by atoms with Gasteiger partial charge in [-0.05, 0) is 38.0 Å². The average molecular weight is 375 g/mol. The standard InChI is InChI=1S/C15H20F3N5OS/c1-15(10-7-9(19)4-5-11(10)16)8-25(24)22-12(13(17)18)3-2-6-23(25)14(20)21-15/h4-5,7,12-13H,2-3,6,8,19H2,1H3,(H2,20,21)/t12?,15-,25?/m0/s1. The second kappa shape index (κ2) is 6.08. The number of anilines is 1. The lowest BCUT2D eigenvalue weighted by Gasteiger charge is -2.38. The van der Waals surface area contributed by atoms with Gasteiger partial charge in [-0.1, -0.05) is 0 Å². The van der Waals surface area contributed by atoms with Crippen molar-refractivity contribution in [3.05, 3.63) is 29.6 Å². The molecule has 10 heteroatoms. The summed E-state index contributed by atoms with van der Waals surface area (Å²) >= 11 is 0. The molecule has 0 amide bonds. The summed E-state index contributed by atoms with van der Waals surface area (Å²) in [6.07, 6.45) is -2.23. The van der Waals surface area contributed by atoms with Gasteiger partial charge in [0.15, 0.2) is 0 Å². The molecule has 3 atom stereocenters. The first kappa shape index (κ1) is 17.8. The number of halogens is 3. The zero-order valence-corrected chi connectivity index (χ0v) is 14.5. The summed E-state index contributed by atoms with van der Waals surface area (Å²) in [5.41, 5.74) is 10.8. The molecule has 2 aliphatic rings. The number of guanidine groups is 1. The molecular formula is C15H20F3N5OS. The lowest BCUT2D eigenvalue weighted by atomic mass is 9.93. The number of benzene rings is 1. The normalized spacial score (nSPS) is 32.6. The third-order valence-corrected chi connectivity index (χ3v) is 7.05. The minimum atomic E-state index is -3.28. The van der Waals surface area contributed by atoms with Gasteiger partial charge >= 0.3 is 0 Å². The molecule has 0 spiro atoms. The van der Waals surface area contributed by atoms with E-state index in [9.17, 15) is 17.4 Å². The van der Waals surface area contributed by atoms with Crippen LogP contribution < -0.4 is 11.5 Å². The van der Waals surface area contributed by atoms with E-state index in [1.54, 1.807) is 6.92 Å². The molecule has 2 aliphatic heterocycles. The molecule has 2 heterocycles. The monoisotopic (exact) mass is 375 g/mol. The lowest BCUT2D eigenvalue weighted by Crippen LogP contribution is -2.52. The van der Waals surface area contributed by atoms with Gasteiger partial charge in [0.25, 0.3) is 6.43 Å². The van der Waals surface area contributed by atoms with Gasteiger partial charge in [0, 0.05) is 17.8 Å². The van der Waals surface area contributed by atoms with Crippen molar-refractivity contribution in [1.82, 2.24) is 4.31 Å². The number of rotatable bonds is 2. The molecule has 138 valence electrons. The molecule has 2 unspecified atom stereocenters. The molecule has 0 aromatic heterocycles. The number of hydrogen-bond donors (Lipinski definition) is 2. The molecular weight excluding hydrogens is 355 g/mol. The molecule has 25 heavy (non-hydrogen) atoms. The number of alkyl halides is 2. The van der Waals surface area contributed by atoms with Crippen molar-refractivity contribution >= 4 is 21.6 Å². The van der Waals surface area contributed by atoms with Crippen molar-refractivity contribution in [3.8, 4) is 0 Å². The number of fused-ring (bicyclic) bond motifs is 1. The summed E-state index contributed by atoms with van der Waals surface area (Å²) in [5.74, 6) is -0.896. The Morgan fingerprint density at radius 1 is 1.40 bits per heavy atom. The van der Waals surface area contributed by atoms with Gasteiger partial charge in [0.05, 0.1) is 5.75 Å². The quantitative estimate of drug-likeness (QED) is 0.775. The fourth-order valence-corrected chi connectivity index (χ4v) is 5.92. The molecule has 0 bridgehead atoms. The molecule has 3 rings (SSSR count). The van der Waals surface area contributed by atoms with Crippen LogP contribution in [-0.4, -0.2) is 39.2 Å². The fraction of sp³-hybridized carbons (Fsp3) is 0.533. The molecule has 1 aromatic carbocycles. The molecule has 4 N–H and O–H groups in total. The number of hydrogen-bond acceptors (Lipinski definition) is 5. The predicted molar refractivity (Wildman–Crippen MR) is 91.0 cm³/mol. The number of nitrogen functional groups attached to an aromatic ring is 1. The van der Waals surface area contributed by atoms with Gasteiger partial charge in [-0.25, -0.2) is 26.7 Å². The Morgan fingerprint density at radius 2 is 2.12 bits per heavy atom. The highest BCUT2D eigenvalue weighted by Crippen LogP contribution is 2.37. The van der Waals surface area contributed by atoms with Crippen LogP contribution in [0.1, 0.15) is 25.3 Å². The molecule has 0 radical (unpaired) electrons. The maximum Gasteiger partial charge on any atom is 0.261 e. The lowest BCUT2D eigenvalue weighted by molar-refractivity contribution is 0.113. The van der Waals surface area contributed by atoms with E-state index in [4.69, 9.17) is 11.5 Å². The summed E-state index contributed by atoms with van der Waals surface area (Å²) in [6, 6.07) is 2.64.